The molecule has 0 aromatic heterocycles. The van der Waals surface area contributed by atoms with Gasteiger partial charge in [-0.1, -0.05) is 0 Å². The summed E-state index contributed by atoms with van der Waals surface area (Å²) in [6.45, 7) is 5.04. The van der Waals surface area contributed by atoms with Gasteiger partial charge in [-0.3, -0.25) is 9.59 Å². The van der Waals surface area contributed by atoms with Crippen LogP contribution in [0.25, 0.3) is 0 Å². The van der Waals surface area contributed by atoms with Gasteiger partial charge < -0.3 is 9.64 Å². The minimum atomic E-state index is -0.0722. The lowest BCUT2D eigenvalue weighted by atomic mass is 10.1. The van der Waals surface area contributed by atoms with Crippen molar-refractivity contribution in [3.05, 3.63) is 0 Å². The molecule has 1 fully saturated rings. The zero-order valence-corrected chi connectivity index (χ0v) is 11.0. The van der Waals surface area contributed by atoms with Gasteiger partial charge >= 0.3 is 0 Å². The third-order valence-corrected chi connectivity index (χ3v) is 3.32. The minimum absolute atomic E-state index is 0.0463. The van der Waals surface area contributed by atoms with E-state index in [0.29, 0.717) is 31.7 Å². The molecule has 1 saturated heterocycles. The summed E-state index contributed by atoms with van der Waals surface area (Å²) < 4.78 is 5.50. The first-order valence-corrected chi connectivity index (χ1v) is 6.25. The average molecular weight is 253 g/mol. The lowest BCUT2D eigenvalue weighted by Gasteiger charge is -2.37. The molecule has 0 bridgehead atoms. The number of carbonyl (C=O) groups excluding carboxylic acids is 2. The fourth-order valence-corrected chi connectivity index (χ4v) is 2.18. The molecule has 2 heterocycles. The second-order valence-corrected chi connectivity index (χ2v) is 4.91. The SMILES string of the molecule is C[C@@H]1CN(C(=O)C2=NN(C)C(=O)CC2)[C@H](C)CO1. The Balaban J connectivity index is 2.11. The summed E-state index contributed by atoms with van der Waals surface area (Å²) in [4.78, 5) is 25.5. The second kappa shape index (κ2) is 5.06. The van der Waals surface area contributed by atoms with Gasteiger partial charge in [0.15, 0.2) is 0 Å². The van der Waals surface area contributed by atoms with Crippen molar-refractivity contribution in [2.45, 2.75) is 38.8 Å². The van der Waals surface area contributed by atoms with Crippen LogP contribution in [0.3, 0.4) is 0 Å². The van der Waals surface area contributed by atoms with E-state index in [0.717, 1.165) is 0 Å². The first kappa shape index (κ1) is 13.0. The van der Waals surface area contributed by atoms with Gasteiger partial charge in [0.25, 0.3) is 5.91 Å². The standard InChI is InChI=1S/C12H19N3O3/c1-8-7-18-9(2)6-15(8)12(17)10-4-5-11(16)14(3)13-10/h8-9H,4-7H2,1-3H3/t8-,9-/m1/s1. The Morgan fingerprint density at radius 3 is 2.78 bits per heavy atom. The van der Waals surface area contributed by atoms with Crippen molar-refractivity contribution in [2.24, 2.45) is 5.10 Å². The third-order valence-electron chi connectivity index (χ3n) is 3.32. The maximum Gasteiger partial charge on any atom is 0.270 e. The second-order valence-electron chi connectivity index (χ2n) is 4.91. The summed E-state index contributed by atoms with van der Waals surface area (Å²) in [5, 5.41) is 5.32. The molecular weight excluding hydrogens is 234 g/mol. The Bertz CT molecular complexity index is 394. The molecule has 2 aliphatic heterocycles. The van der Waals surface area contributed by atoms with E-state index in [1.165, 1.54) is 5.01 Å². The van der Waals surface area contributed by atoms with Crippen molar-refractivity contribution in [2.75, 3.05) is 20.2 Å². The van der Waals surface area contributed by atoms with E-state index in [2.05, 4.69) is 5.10 Å². The highest BCUT2D eigenvalue weighted by atomic mass is 16.5. The van der Waals surface area contributed by atoms with Gasteiger partial charge in [0.05, 0.1) is 18.8 Å². The van der Waals surface area contributed by atoms with Crippen molar-refractivity contribution in [3.63, 3.8) is 0 Å². The molecule has 100 valence electrons. The maximum atomic E-state index is 12.4. The number of hydrogen-bond donors (Lipinski definition) is 0. The predicted octanol–water partition coefficient (Wildman–Crippen LogP) is 0.230. The van der Waals surface area contributed by atoms with E-state index < -0.39 is 0 Å². The zero-order valence-electron chi connectivity index (χ0n) is 11.0. The van der Waals surface area contributed by atoms with Crippen molar-refractivity contribution in [3.8, 4) is 0 Å². The number of morpholine rings is 1. The van der Waals surface area contributed by atoms with Crippen LogP contribution < -0.4 is 0 Å². The first-order valence-electron chi connectivity index (χ1n) is 6.25. The van der Waals surface area contributed by atoms with E-state index >= 15 is 0 Å². The first-order chi connectivity index (χ1) is 8.49. The Labute approximate surface area is 107 Å². The molecule has 0 saturated carbocycles. The molecule has 0 aliphatic carbocycles. The summed E-state index contributed by atoms with van der Waals surface area (Å²) in [5.41, 5.74) is 0.470. The topological polar surface area (TPSA) is 62.2 Å². The molecule has 0 N–H and O–H groups in total. The number of rotatable bonds is 1. The molecule has 2 amide bonds. The van der Waals surface area contributed by atoms with E-state index in [1.807, 2.05) is 13.8 Å². The maximum absolute atomic E-state index is 12.4. The van der Waals surface area contributed by atoms with Crippen molar-refractivity contribution >= 4 is 17.5 Å². The van der Waals surface area contributed by atoms with Crippen LogP contribution >= 0.6 is 0 Å². The number of nitrogens with zero attached hydrogens (tertiary/aromatic N) is 3. The van der Waals surface area contributed by atoms with E-state index in [9.17, 15) is 9.59 Å². The molecule has 0 aromatic carbocycles. The van der Waals surface area contributed by atoms with Crippen molar-refractivity contribution < 1.29 is 14.3 Å². The van der Waals surface area contributed by atoms with Crippen LogP contribution in [0, 0.1) is 0 Å². The van der Waals surface area contributed by atoms with E-state index in [-0.39, 0.29) is 24.0 Å². The minimum Gasteiger partial charge on any atom is -0.375 e. The normalized spacial score (nSPS) is 29.3. The van der Waals surface area contributed by atoms with Gasteiger partial charge in [-0.05, 0) is 13.8 Å². The fraction of sp³-hybridized carbons (Fsp3) is 0.750. The van der Waals surface area contributed by atoms with Crippen LogP contribution in [0.4, 0.5) is 0 Å². The van der Waals surface area contributed by atoms with E-state index in [1.54, 1.807) is 11.9 Å². The number of ether oxygens (including phenoxy) is 1. The van der Waals surface area contributed by atoms with Gasteiger partial charge in [0.1, 0.15) is 5.71 Å². The molecule has 2 atom stereocenters. The molecule has 2 aliphatic rings. The molecule has 6 heteroatoms. The van der Waals surface area contributed by atoms with Crippen LogP contribution in [-0.4, -0.2) is 59.8 Å². The lowest BCUT2D eigenvalue weighted by Crippen LogP contribution is -2.53. The molecule has 6 nitrogen and oxygen atoms in total. The van der Waals surface area contributed by atoms with Crippen molar-refractivity contribution in [1.29, 1.82) is 0 Å². The van der Waals surface area contributed by atoms with Gasteiger partial charge in [-0.15, -0.1) is 0 Å². The number of carbonyl (C=O) groups is 2. The predicted molar refractivity (Wildman–Crippen MR) is 66.0 cm³/mol. The number of hydrogen-bond acceptors (Lipinski definition) is 4. The van der Waals surface area contributed by atoms with Crippen LogP contribution in [0.5, 0.6) is 0 Å². The van der Waals surface area contributed by atoms with Crippen LogP contribution in [-0.2, 0) is 14.3 Å². The molecule has 18 heavy (non-hydrogen) atoms. The lowest BCUT2D eigenvalue weighted by molar-refractivity contribution is -0.136. The fourth-order valence-electron chi connectivity index (χ4n) is 2.18. The van der Waals surface area contributed by atoms with Crippen LogP contribution in [0.2, 0.25) is 0 Å². The molecule has 0 radical (unpaired) electrons. The molecule has 0 spiro atoms. The quantitative estimate of drug-likeness (QED) is 0.672. The zero-order chi connectivity index (χ0) is 13.3. The van der Waals surface area contributed by atoms with E-state index in [4.69, 9.17) is 4.74 Å². The molecule has 0 unspecified atom stereocenters. The smallest absolute Gasteiger partial charge is 0.270 e. The molecule has 0 aromatic rings. The van der Waals surface area contributed by atoms with Crippen molar-refractivity contribution in [1.82, 2.24) is 9.91 Å². The summed E-state index contributed by atoms with van der Waals surface area (Å²) in [7, 11) is 1.58. The highest BCUT2D eigenvalue weighted by Crippen LogP contribution is 2.15. The Morgan fingerprint density at radius 2 is 2.11 bits per heavy atom. The summed E-state index contributed by atoms with van der Waals surface area (Å²) in [5.74, 6) is -0.119. The summed E-state index contributed by atoms with van der Waals surface area (Å²) in [6, 6.07) is 0.0549. The van der Waals surface area contributed by atoms with Gasteiger partial charge in [0.2, 0.25) is 5.91 Å². The van der Waals surface area contributed by atoms with Gasteiger partial charge in [-0.25, -0.2) is 5.01 Å². The number of amides is 2. The van der Waals surface area contributed by atoms with Crippen LogP contribution in [0.15, 0.2) is 5.10 Å². The van der Waals surface area contributed by atoms with Crippen LogP contribution in [0.1, 0.15) is 26.7 Å². The monoisotopic (exact) mass is 253 g/mol. The Hall–Kier alpha value is -1.43. The average Bonchev–Trinajstić information content (AvgIpc) is 2.35. The highest BCUT2D eigenvalue weighted by Gasteiger charge is 2.32. The molecular formula is C12H19N3O3. The summed E-state index contributed by atoms with van der Waals surface area (Å²) in [6.07, 6.45) is 0.837. The summed E-state index contributed by atoms with van der Waals surface area (Å²) >= 11 is 0. The van der Waals surface area contributed by atoms with Gasteiger partial charge in [-0.2, -0.15) is 5.10 Å². The Morgan fingerprint density at radius 1 is 1.39 bits per heavy atom. The largest absolute Gasteiger partial charge is 0.375 e. The third kappa shape index (κ3) is 2.53. The number of hydrazone groups is 1. The Kier molecular flexibility index (Phi) is 3.65. The molecule has 2 rings (SSSR count). The highest BCUT2D eigenvalue weighted by molar-refractivity contribution is 6.39. The van der Waals surface area contributed by atoms with Gasteiger partial charge in [0, 0.05) is 26.4 Å².